The van der Waals surface area contributed by atoms with Crippen molar-refractivity contribution in [1.29, 1.82) is 0 Å². The van der Waals surface area contributed by atoms with Crippen molar-refractivity contribution in [3.8, 4) is 11.4 Å². The molecule has 2 aromatic heterocycles. The Hall–Kier alpha value is -3.49. The van der Waals surface area contributed by atoms with Crippen LogP contribution in [0.15, 0.2) is 36.7 Å². The van der Waals surface area contributed by atoms with Gasteiger partial charge in [-0.05, 0) is 70.7 Å². The summed E-state index contributed by atoms with van der Waals surface area (Å²) in [6, 6.07) is 8.22. The average molecular weight is 464 g/mol. The van der Waals surface area contributed by atoms with Crippen LogP contribution in [-0.4, -0.2) is 44.1 Å². The quantitative estimate of drug-likeness (QED) is 0.541. The molecule has 3 aromatic rings. The SMILES string of the molecule is Cc1ncc(-c2nc(Nc3ccc(N4CCC[C@@H]4C(=O)NC4CC4)cc3)ncc2F)n1C(C)C. The van der Waals surface area contributed by atoms with Gasteiger partial charge in [-0.15, -0.1) is 0 Å². The Morgan fingerprint density at radius 3 is 2.59 bits per heavy atom. The molecule has 1 atom stereocenters. The zero-order chi connectivity index (χ0) is 23.8. The highest BCUT2D eigenvalue weighted by Crippen LogP contribution is 2.30. The Bertz CT molecular complexity index is 1190. The molecule has 3 heterocycles. The molecule has 2 N–H and O–H groups in total. The summed E-state index contributed by atoms with van der Waals surface area (Å²) >= 11 is 0. The smallest absolute Gasteiger partial charge is 0.242 e. The Kier molecular flexibility index (Phi) is 5.93. The maximum atomic E-state index is 14.6. The number of hydrogen-bond donors (Lipinski definition) is 2. The van der Waals surface area contributed by atoms with E-state index in [-0.39, 0.29) is 23.7 Å². The highest BCUT2D eigenvalue weighted by Gasteiger charge is 2.34. The molecule has 2 aliphatic rings. The van der Waals surface area contributed by atoms with Gasteiger partial charge in [0.25, 0.3) is 0 Å². The molecular weight excluding hydrogens is 433 g/mol. The number of aryl methyl sites for hydroxylation is 1. The normalized spacial score (nSPS) is 17.9. The Morgan fingerprint density at radius 2 is 1.88 bits per heavy atom. The van der Waals surface area contributed by atoms with Gasteiger partial charge in [0.15, 0.2) is 5.82 Å². The van der Waals surface area contributed by atoms with Crippen molar-refractivity contribution >= 4 is 23.2 Å². The van der Waals surface area contributed by atoms with Gasteiger partial charge in [-0.3, -0.25) is 4.79 Å². The molecule has 34 heavy (non-hydrogen) atoms. The Labute approximate surface area is 198 Å². The van der Waals surface area contributed by atoms with Gasteiger partial charge in [-0.25, -0.2) is 19.3 Å². The van der Waals surface area contributed by atoms with E-state index in [4.69, 9.17) is 0 Å². The average Bonchev–Trinajstić information content (AvgIpc) is 3.33. The lowest BCUT2D eigenvalue weighted by Gasteiger charge is -2.26. The van der Waals surface area contributed by atoms with Gasteiger partial charge in [0.2, 0.25) is 11.9 Å². The van der Waals surface area contributed by atoms with Gasteiger partial charge in [0.1, 0.15) is 17.6 Å². The number of halogens is 1. The van der Waals surface area contributed by atoms with Crippen molar-refractivity contribution in [2.24, 2.45) is 0 Å². The van der Waals surface area contributed by atoms with E-state index in [1.807, 2.05) is 49.6 Å². The van der Waals surface area contributed by atoms with E-state index in [0.717, 1.165) is 49.4 Å². The number of nitrogens with zero attached hydrogens (tertiary/aromatic N) is 5. The van der Waals surface area contributed by atoms with Crippen LogP contribution in [-0.2, 0) is 4.79 Å². The van der Waals surface area contributed by atoms with Crippen LogP contribution in [0.3, 0.4) is 0 Å². The van der Waals surface area contributed by atoms with Crippen LogP contribution >= 0.6 is 0 Å². The molecular formula is C25H30FN7O. The van der Waals surface area contributed by atoms with Crippen LogP contribution in [0, 0.1) is 12.7 Å². The number of nitrogens with one attached hydrogen (secondary N) is 2. The zero-order valence-corrected chi connectivity index (χ0v) is 19.8. The highest BCUT2D eigenvalue weighted by molar-refractivity contribution is 5.86. The summed E-state index contributed by atoms with van der Waals surface area (Å²) in [6.07, 6.45) is 6.87. The van der Waals surface area contributed by atoms with Gasteiger partial charge < -0.3 is 20.1 Å². The van der Waals surface area contributed by atoms with Crippen LogP contribution in [0.5, 0.6) is 0 Å². The van der Waals surface area contributed by atoms with E-state index in [1.165, 1.54) is 6.20 Å². The first-order chi connectivity index (χ1) is 16.4. The molecule has 1 amide bonds. The molecule has 0 bridgehead atoms. The number of rotatable bonds is 7. The second-order valence-corrected chi connectivity index (χ2v) is 9.35. The van der Waals surface area contributed by atoms with Crippen molar-refractivity contribution in [3.63, 3.8) is 0 Å². The number of carbonyl (C=O) groups is 1. The van der Waals surface area contributed by atoms with E-state index in [0.29, 0.717) is 17.7 Å². The molecule has 1 aliphatic heterocycles. The minimum absolute atomic E-state index is 0.114. The predicted octanol–water partition coefficient (Wildman–Crippen LogP) is 4.36. The Balaban J connectivity index is 1.33. The molecule has 0 radical (unpaired) electrons. The van der Waals surface area contributed by atoms with Crippen LogP contribution in [0.1, 0.15) is 51.4 Å². The molecule has 5 rings (SSSR count). The molecule has 1 aromatic carbocycles. The molecule has 8 nitrogen and oxygen atoms in total. The second-order valence-electron chi connectivity index (χ2n) is 9.35. The predicted molar refractivity (Wildman–Crippen MR) is 130 cm³/mol. The lowest BCUT2D eigenvalue weighted by molar-refractivity contribution is -0.122. The minimum atomic E-state index is -0.493. The van der Waals surface area contributed by atoms with Gasteiger partial charge >= 0.3 is 0 Å². The van der Waals surface area contributed by atoms with Crippen LogP contribution in [0.25, 0.3) is 11.4 Å². The summed E-state index contributed by atoms with van der Waals surface area (Å²) in [4.78, 5) is 27.7. The van der Waals surface area contributed by atoms with Gasteiger partial charge in [-0.1, -0.05) is 0 Å². The molecule has 178 valence electrons. The van der Waals surface area contributed by atoms with Gasteiger partial charge in [0, 0.05) is 30.0 Å². The first-order valence-electron chi connectivity index (χ1n) is 11.9. The fourth-order valence-electron chi connectivity index (χ4n) is 4.63. The molecule has 1 aliphatic carbocycles. The molecule has 1 saturated heterocycles. The molecule has 9 heteroatoms. The molecule has 1 saturated carbocycles. The lowest BCUT2D eigenvalue weighted by Crippen LogP contribution is -2.44. The van der Waals surface area contributed by atoms with Crippen molar-refractivity contribution in [3.05, 3.63) is 48.3 Å². The summed E-state index contributed by atoms with van der Waals surface area (Å²) in [7, 11) is 0. The topological polar surface area (TPSA) is 88.0 Å². The fourth-order valence-corrected chi connectivity index (χ4v) is 4.63. The van der Waals surface area contributed by atoms with E-state index >= 15 is 0 Å². The number of hydrogen-bond acceptors (Lipinski definition) is 6. The number of benzene rings is 1. The van der Waals surface area contributed by atoms with Crippen molar-refractivity contribution in [2.75, 3.05) is 16.8 Å². The van der Waals surface area contributed by atoms with Crippen LogP contribution in [0.4, 0.5) is 21.7 Å². The Morgan fingerprint density at radius 1 is 1.12 bits per heavy atom. The largest absolute Gasteiger partial charge is 0.360 e. The van der Waals surface area contributed by atoms with E-state index in [2.05, 4.69) is 30.5 Å². The third kappa shape index (κ3) is 4.47. The zero-order valence-electron chi connectivity index (χ0n) is 19.8. The van der Waals surface area contributed by atoms with Crippen molar-refractivity contribution < 1.29 is 9.18 Å². The maximum Gasteiger partial charge on any atom is 0.242 e. The highest BCUT2D eigenvalue weighted by atomic mass is 19.1. The monoisotopic (exact) mass is 463 g/mol. The van der Waals surface area contributed by atoms with Gasteiger partial charge in [-0.2, -0.15) is 0 Å². The summed E-state index contributed by atoms with van der Waals surface area (Å²) in [5.41, 5.74) is 2.63. The lowest BCUT2D eigenvalue weighted by atomic mass is 10.2. The van der Waals surface area contributed by atoms with E-state index < -0.39 is 5.82 Å². The summed E-state index contributed by atoms with van der Waals surface area (Å²) in [5, 5.41) is 6.30. The number of aromatic nitrogens is 4. The van der Waals surface area contributed by atoms with Crippen LogP contribution in [0.2, 0.25) is 0 Å². The number of carbonyl (C=O) groups excluding carboxylic acids is 1. The summed E-state index contributed by atoms with van der Waals surface area (Å²) < 4.78 is 16.6. The number of anilines is 3. The van der Waals surface area contributed by atoms with Crippen LogP contribution < -0.4 is 15.5 Å². The first kappa shape index (κ1) is 22.3. The third-order valence-corrected chi connectivity index (χ3v) is 6.42. The molecule has 2 fully saturated rings. The van der Waals surface area contributed by atoms with Crippen molar-refractivity contribution in [1.82, 2.24) is 24.8 Å². The van der Waals surface area contributed by atoms with Gasteiger partial charge in [0.05, 0.1) is 18.1 Å². The number of imidazole rings is 1. The third-order valence-electron chi connectivity index (χ3n) is 6.42. The first-order valence-corrected chi connectivity index (χ1v) is 11.9. The molecule has 0 unspecified atom stereocenters. The minimum Gasteiger partial charge on any atom is -0.360 e. The fraction of sp³-hybridized carbons (Fsp3) is 0.440. The van der Waals surface area contributed by atoms with Crippen molar-refractivity contribution in [2.45, 2.75) is 64.6 Å². The maximum absolute atomic E-state index is 14.6. The standard InChI is InChI=1S/C25H30FN7O/c1-15(2)33-16(3)27-14-22(33)23-20(26)13-28-25(31-23)30-18-8-10-19(11-9-18)32-12-4-5-21(32)24(34)29-17-6-7-17/h8-11,13-15,17,21H,4-7,12H2,1-3H3,(H,29,34)(H,28,30,31)/t21-/m1/s1. The molecule has 0 spiro atoms. The number of amides is 1. The van der Waals surface area contributed by atoms with E-state index in [1.54, 1.807) is 6.20 Å². The van der Waals surface area contributed by atoms with E-state index in [9.17, 15) is 9.18 Å². The second kappa shape index (κ2) is 9.04. The summed E-state index contributed by atoms with van der Waals surface area (Å²) in [5.74, 6) is 0.748. The summed E-state index contributed by atoms with van der Waals surface area (Å²) in [6.45, 7) is 6.81.